The number of unbranched alkanes of at least 4 members (excludes halogenated alkanes) is 36. The van der Waals surface area contributed by atoms with Crippen molar-refractivity contribution in [1.82, 2.24) is 0 Å². The van der Waals surface area contributed by atoms with Crippen LogP contribution in [0.1, 0.15) is 271 Å². The van der Waals surface area contributed by atoms with Gasteiger partial charge in [0.1, 0.15) is 0 Å². The molecule has 4 nitrogen and oxygen atoms in total. The molecule has 0 spiro atoms. The van der Waals surface area contributed by atoms with Crippen LogP contribution >= 0.6 is 9.24 Å². The van der Waals surface area contributed by atoms with Crippen LogP contribution in [0.15, 0.2) is 0 Å². The Bertz CT molecular complexity index is 770. The van der Waals surface area contributed by atoms with Gasteiger partial charge in [-0.15, -0.1) is 0 Å². The number of carbonyl (C=O) groups excluding carboxylic acids is 2. The second-order valence-electron chi connectivity index (χ2n) is 18.4. The van der Waals surface area contributed by atoms with E-state index in [0.29, 0.717) is 4.48 Å². The molecule has 1 atom stereocenters. The first-order valence-electron chi connectivity index (χ1n) is 24.4. The van der Waals surface area contributed by atoms with Crippen molar-refractivity contribution in [2.45, 2.75) is 282 Å². The monoisotopic (exact) mass is 780 g/mol. The fraction of sp³-hybridized carbons (Fsp3) is 0.959. The normalized spacial score (nSPS) is 12.8. The summed E-state index contributed by atoms with van der Waals surface area (Å²) in [5, 5.41) is 11.7. The molecule has 0 aliphatic rings. The number of rotatable bonds is 44. The number of hydrogen-bond acceptors (Lipinski definition) is 3. The lowest BCUT2D eigenvalue weighted by Gasteiger charge is -2.46. The van der Waals surface area contributed by atoms with Gasteiger partial charge in [-0.25, -0.2) is 0 Å². The molecule has 0 saturated carbocycles. The lowest BCUT2D eigenvalue weighted by atomic mass is 9.85. The molecule has 0 bridgehead atoms. The largest absolute Gasteiger partial charge is 0.488 e. The van der Waals surface area contributed by atoms with Crippen LogP contribution in [0.3, 0.4) is 0 Å². The molecule has 1 unspecified atom stereocenters. The van der Waals surface area contributed by atoms with Crippen molar-refractivity contribution in [1.29, 1.82) is 0 Å². The highest BCUT2D eigenvalue weighted by Gasteiger charge is 2.48. The van der Waals surface area contributed by atoms with Crippen LogP contribution in [0.4, 0.5) is 0 Å². The number of likely N-dealkylation sites (N-methyl/N-ethyl adjacent to an activating group) is 1. The molecule has 0 fully saturated rings. The second-order valence-corrected chi connectivity index (χ2v) is 18.9. The fourth-order valence-electron chi connectivity index (χ4n) is 8.13. The summed E-state index contributed by atoms with van der Waals surface area (Å²) < 4.78 is 0.309. The van der Waals surface area contributed by atoms with Gasteiger partial charge < -0.3 is 18.8 Å². The zero-order chi connectivity index (χ0) is 40.0. The predicted octanol–water partition coefficient (Wildman–Crippen LogP) is 15.7. The minimum atomic E-state index is -1.96. The number of quaternary nitrogens is 1. The number of nitrogens with zero attached hydrogens (tertiary/aromatic N) is 1. The van der Waals surface area contributed by atoms with E-state index in [2.05, 4.69) is 23.1 Å². The maximum absolute atomic E-state index is 13.5. The third-order valence-electron chi connectivity index (χ3n) is 12.0. The van der Waals surface area contributed by atoms with Crippen molar-refractivity contribution in [3.8, 4) is 0 Å². The molecule has 0 heterocycles. The molecule has 0 aromatic carbocycles. The number of hydrogen-bond donors (Lipinski definition) is 1. The Kier molecular flexibility index (Phi) is 38.0. The van der Waals surface area contributed by atoms with Crippen LogP contribution in [0.5, 0.6) is 0 Å². The van der Waals surface area contributed by atoms with E-state index in [1.165, 1.54) is 205 Å². The van der Waals surface area contributed by atoms with Crippen molar-refractivity contribution in [3.05, 3.63) is 0 Å². The second kappa shape index (κ2) is 38.2. The first-order valence-corrected chi connectivity index (χ1v) is 25.0. The fourth-order valence-corrected chi connectivity index (χ4v) is 8.45. The minimum Gasteiger partial charge on any atom is -0.488 e. The third-order valence-corrected chi connectivity index (χ3v) is 13.2. The Morgan fingerprint density at radius 2 is 0.556 bits per heavy atom. The van der Waals surface area contributed by atoms with E-state index < -0.39 is 11.4 Å². The topological polar surface area (TPSA) is 54.4 Å². The molecule has 322 valence electrons. The molecule has 1 N–H and O–H groups in total. The number of aliphatic hydroxyl groups is 1. The maximum atomic E-state index is 13.5. The molecule has 0 radical (unpaired) electrons. The average molecular weight is 780 g/mol. The Balaban J connectivity index is 3.99. The highest BCUT2D eigenvalue weighted by atomic mass is 31.0. The van der Waals surface area contributed by atoms with E-state index in [1.54, 1.807) is 0 Å². The summed E-state index contributed by atoms with van der Waals surface area (Å²) in [5.41, 5.74) is -1.96. The molecule has 0 aliphatic carbocycles. The molecule has 0 saturated heterocycles. The quantitative estimate of drug-likeness (QED) is 0.0290. The van der Waals surface area contributed by atoms with Crippen molar-refractivity contribution >= 4 is 20.8 Å². The zero-order valence-corrected chi connectivity index (χ0v) is 38.6. The third kappa shape index (κ3) is 30.8. The molecule has 0 rings (SSSR count). The molecule has 54 heavy (non-hydrogen) atoms. The van der Waals surface area contributed by atoms with E-state index >= 15 is 0 Å². The van der Waals surface area contributed by atoms with Gasteiger partial charge in [-0.05, 0) is 12.8 Å². The standard InChI is InChI=1S/C49H98NO3P/c1-6-8-10-12-14-16-18-20-22-24-26-28-30-32-34-36-38-40-42-44-46(51)49(53,48(54)50(3,4)5)47(52)45-43-41-39-37-35-33-31-29-27-25-23-21-19-17-15-13-11-9-7-2/h48,53-54H,6-45H2,1-5H3. The lowest BCUT2D eigenvalue weighted by molar-refractivity contribution is -0.885. The van der Waals surface area contributed by atoms with Gasteiger partial charge in [0.05, 0.1) is 21.1 Å². The molecule has 5 heteroatoms. The Morgan fingerprint density at radius 1 is 0.389 bits per heavy atom. The molecule has 0 aromatic rings. The van der Waals surface area contributed by atoms with Gasteiger partial charge in [-0.3, -0.25) is 9.59 Å². The summed E-state index contributed by atoms with van der Waals surface area (Å²) in [6.07, 6.45) is 50.5. The molecule has 0 aliphatic heterocycles. The van der Waals surface area contributed by atoms with Gasteiger partial charge in [0.15, 0.2) is 11.6 Å². The molecule has 0 aromatic heterocycles. The van der Waals surface area contributed by atoms with Gasteiger partial charge >= 0.3 is 0 Å². The van der Waals surface area contributed by atoms with Crippen molar-refractivity contribution in [3.63, 3.8) is 0 Å². The molecular weight excluding hydrogens is 682 g/mol. The van der Waals surface area contributed by atoms with E-state index in [9.17, 15) is 14.7 Å². The lowest BCUT2D eigenvalue weighted by Crippen LogP contribution is -2.63. The summed E-state index contributed by atoms with van der Waals surface area (Å²) in [4.78, 5) is 26.9. The van der Waals surface area contributed by atoms with Gasteiger partial charge in [-0.2, -0.15) is 0 Å². The average Bonchev–Trinajstić information content (AvgIpc) is 3.15. The minimum absolute atomic E-state index is 0.279. The first-order chi connectivity index (χ1) is 26.1. The van der Waals surface area contributed by atoms with Gasteiger partial charge in [0.2, 0.25) is 5.60 Å². The van der Waals surface area contributed by atoms with Gasteiger partial charge in [0.25, 0.3) is 0 Å². The van der Waals surface area contributed by atoms with Crippen LogP contribution in [0.2, 0.25) is 0 Å². The van der Waals surface area contributed by atoms with Crippen molar-refractivity contribution in [2.24, 2.45) is 0 Å². The number of ketones is 2. The van der Waals surface area contributed by atoms with Crippen molar-refractivity contribution < 1.29 is 19.2 Å². The van der Waals surface area contributed by atoms with E-state index in [-0.39, 0.29) is 24.4 Å². The summed E-state index contributed by atoms with van der Waals surface area (Å²) in [6, 6.07) is 0. The SMILES string of the molecule is CCCCCCCCCCCCCCCCCCCCCC(=O)C(O)(C(=O)CCCCCCCCCCCCCCCCCCCCC)C([PH-])[N+](C)(C)C. The Hall–Kier alpha value is -0.310. The molecule has 0 amide bonds. The highest BCUT2D eigenvalue weighted by Crippen LogP contribution is 2.31. The summed E-state index contributed by atoms with van der Waals surface area (Å²) in [6.45, 7) is 4.57. The summed E-state index contributed by atoms with van der Waals surface area (Å²) in [5.74, 6) is -1.26. The summed E-state index contributed by atoms with van der Waals surface area (Å²) >= 11 is 0. The Labute approximate surface area is 342 Å². The van der Waals surface area contributed by atoms with Crippen molar-refractivity contribution in [2.75, 3.05) is 21.1 Å². The van der Waals surface area contributed by atoms with Crippen LogP contribution < -0.4 is 0 Å². The maximum Gasteiger partial charge on any atom is 0.204 e. The van der Waals surface area contributed by atoms with E-state index in [0.717, 1.165) is 38.5 Å². The van der Waals surface area contributed by atoms with Crippen LogP contribution in [0, 0.1) is 0 Å². The number of Topliss-reactive ketones (excluding diaryl/α,β-unsaturated/α-hetero) is 2. The van der Waals surface area contributed by atoms with Gasteiger partial charge in [-0.1, -0.05) is 245 Å². The highest BCUT2D eigenvalue weighted by molar-refractivity contribution is 7.17. The van der Waals surface area contributed by atoms with Crippen LogP contribution in [-0.4, -0.2) is 53.7 Å². The number of carbonyl (C=O) groups is 2. The van der Waals surface area contributed by atoms with Gasteiger partial charge in [0, 0.05) is 18.6 Å². The predicted molar refractivity (Wildman–Crippen MR) is 241 cm³/mol. The zero-order valence-electron chi connectivity index (χ0n) is 37.6. The van der Waals surface area contributed by atoms with Crippen LogP contribution in [-0.2, 0) is 9.59 Å². The summed E-state index contributed by atoms with van der Waals surface area (Å²) in [7, 11) is 9.44. The van der Waals surface area contributed by atoms with E-state index in [1.807, 2.05) is 21.1 Å². The Morgan fingerprint density at radius 3 is 0.722 bits per heavy atom. The van der Waals surface area contributed by atoms with E-state index in [4.69, 9.17) is 0 Å². The van der Waals surface area contributed by atoms with Crippen LogP contribution in [0.25, 0.3) is 0 Å². The smallest absolute Gasteiger partial charge is 0.204 e. The first kappa shape index (κ1) is 53.7. The molecular formula is C49H98NO3P.